The monoisotopic (exact) mass is 261 g/mol. The Balaban J connectivity index is 1.67. The Bertz CT molecular complexity index is 428. The van der Waals surface area contributed by atoms with Crippen molar-refractivity contribution in [2.24, 2.45) is 0 Å². The summed E-state index contributed by atoms with van der Waals surface area (Å²) >= 11 is 1.94. The van der Waals surface area contributed by atoms with E-state index in [0.29, 0.717) is 6.61 Å². The molecule has 18 heavy (non-hydrogen) atoms. The lowest BCUT2D eigenvalue weighted by Gasteiger charge is -2.01. The zero-order valence-corrected chi connectivity index (χ0v) is 11.7. The summed E-state index contributed by atoms with van der Waals surface area (Å²) in [5.41, 5.74) is 0. The summed E-state index contributed by atoms with van der Waals surface area (Å²) in [5, 5.41) is 1.39. The first-order valence-electron chi connectivity index (χ1n) is 6.74. The smallest absolute Gasteiger partial charge is 0.0466 e. The highest BCUT2D eigenvalue weighted by Crippen LogP contribution is 2.26. The molecule has 0 unspecified atom stereocenters. The largest absolute Gasteiger partial charge is 0.381 e. The summed E-state index contributed by atoms with van der Waals surface area (Å²) in [5.74, 6) is 0. The Morgan fingerprint density at radius 2 is 1.89 bits per heavy atom. The predicted octanol–water partition coefficient (Wildman–Crippen LogP) is 4.85. The fourth-order valence-corrected chi connectivity index (χ4v) is 3.23. The highest BCUT2D eigenvalue weighted by Gasteiger charge is 2.00. The van der Waals surface area contributed by atoms with Crippen LogP contribution in [0.1, 0.15) is 30.6 Å². The predicted molar refractivity (Wildman–Crippen MR) is 80.2 cm³/mol. The van der Waals surface area contributed by atoms with Gasteiger partial charge in [-0.15, -0.1) is 11.3 Å². The number of benzene rings is 1. The SMILES string of the molecule is [CH2]COCCCCCCc1cc2ccccc2s1. The first-order valence-corrected chi connectivity index (χ1v) is 7.56. The molecule has 0 N–H and O–H groups in total. The van der Waals surface area contributed by atoms with Crippen molar-refractivity contribution in [3.8, 4) is 0 Å². The molecule has 1 radical (unpaired) electrons. The molecule has 1 aromatic carbocycles. The summed E-state index contributed by atoms with van der Waals surface area (Å²) in [6.07, 6.45) is 6.24. The van der Waals surface area contributed by atoms with Crippen LogP contribution in [0.2, 0.25) is 0 Å². The number of hydrogen-bond donors (Lipinski definition) is 0. The Morgan fingerprint density at radius 3 is 2.72 bits per heavy atom. The second-order valence-corrected chi connectivity index (χ2v) is 5.70. The van der Waals surface area contributed by atoms with Crippen molar-refractivity contribution in [3.05, 3.63) is 42.1 Å². The van der Waals surface area contributed by atoms with Gasteiger partial charge in [-0.05, 0) is 43.7 Å². The number of ether oxygens (including phenoxy) is 1. The van der Waals surface area contributed by atoms with Crippen molar-refractivity contribution >= 4 is 21.4 Å². The van der Waals surface area contributed by atoms with Crippen LogP contribution in [0.5, 0.6) is 0 Å². The van der Waals surface area contributed by atoms with E-state index in [0.717, 1.165) is 6.61 Å². The van der Waals surface area contributed by atoms with Gasteiger partial charge in [-0.2, -0.15) is 0 Å². The Labute approximate surface area is 114 Å². The van der Waals surface area contributed by atoms with Gasteiger partial charge in [0.2, 0.25) is 0 Å². The molecule has 0 saturated heterocycles. The van der Waals surface area contributed by atoms with Crippen LogP contribution < -0.4 is 0 Å². The van der Waals surface area contributed by atoms with Crippen LogP contribution in [0.15, 0.2) is 30.3 Å². The Kier molecular flexibility index (Phi) is 5.69. The zero-order chi connectivity index (χ0) is 12.6. The van der Waals surface area contributed by atoms with E-state index < -0.39 is 0 Å². The third kappa shape index (κ3) is 4.11. The van der Waals surface area contributed by atoms with Crippen LogP contribution in [-0.2, 0) is 11.2 Å². The van der Waals surface area contributed by atoms with Crippen LogP contribution in [0, 0.1) is 6.92 Å². The van der Waals surface area contributed by atoms with Crippen molar-refractivity contribution in [3.63, 3.8) is 0 Å². The van der Waals surface area contributed by atoms with E-state index >= 15 is 0 Å². The zero-order valence-electron chi connectivity index (χ0n) is 10.9. The Hall–Kier alpha value is -0.860. The lowest BCUT2D eigenvalue weighted by Crippen LogP contribution is -1.93. The molecule has 0 saturated carbocycles. The third-order valence-electron chi connectivity index (χ3n) is 3.08. The highest BCUT2D eigenvalue weighted by molar-refractivity contribution is 7.19. The molecule has 2 rings (SSSR count). The summed E-state index contributed by atoms with van der Waals surface area (Å²) in [6, 6.07) is 11.0. The summed E-state index contributed by atoms with van der Waals surface area (Å²) in [7, 11) is 0. The number of unbranched alkanes of at least 4 members (excludes halogenated alkanes) is 3. The van der Waals surface area contributed by atoms with Crippen molar-refractivity contribution < 1.29 is 4.74 Å². The number of rotatable bonds is 8. The molecular weight excluding hydrogens is 240 g/mol. The molecule has 0 amide bonds. The number of hydrogen-bond acceptors (Lipinski definition) is 2. The quantitative estimate of drug-likeness (QED) is 0.617. The maximum atomic E-state index is 5.23. The molecule has 0 spiro atoms. The van der Waals surface area contributed by atoms with Gasteiger partial charge < -0.3 is 4.74 Å². The van der Waals surface area contributed by atoms with E-state index in [2.05, 4.69) is 37.3 Å². The van der Waals surface area contributed by atoms with Crippen LogP contribution in [0.3, 0.4) is 0 Å². The molecule has 1 heterocycles. The first-order chi connectivity index (χ1) is 8.90. The molecule has 0 aliphatic rings. The van der Waals surface area contributed by atoms with E-state index in [1.54, 1.807) is 0 Å². The fourth-order valence-electron chi connectivity index (χ4n) is 2.12. The van der Waals surface area contributed by atoms with Crippen LogP contribution >= 0.6 is 11.3 Å². The van der Waals surface area contributed by atoms with Crippen LogP contribution in [0.25, 0.3) is 10.1 Å². The Morgan fingerprint density at radius 1 is 1.06 bits per heavy atom. The summed E-state index contributed by atoms with van der Waals surface area (Å²) in [6.45, 7) is 5.13. The minimum absolute atomic E-state index is 0.599. The molecule has 0 aliphatic heterocycles. The molecule has 0 fully saturated rings. The molecule has 97 valence electrons. The second kappa shape index (κ2) is 7.55. The molecule has 1 nitrogen and oxygen atoms in total. The number of fused-ring (bicyclic) bond motifs is 1. The highest BCUT2D eigenvalue weighted by atomic mass is 32.1. The van der Waals surface area contributed by atoms with Gasteiger partial charge in [0, 0.05) is 22.8 Å². The van der Waals surface area contributed by atoms with E-state index in [1.807, 2.05) is 11.3 Å². The van der Waals surface area contributed by atoms with E-state index in [9.17, 15) is 0 Å². The van der Waals surface area contributed by atoms with Gasteiger partial charge in [0.1, 0.15) is 0 Å². The van der Waals surface area contributed by atoms with Crippen molar-refractivity contribution in [1.82, 2.24) is 0 Å². The second-order valence-electron chi connectivity index (χ2n) is 4.53. The molecule has 2 aromatic rings. The van der Waals surface area contributed by atoms with Gasteiger partial charge in [-0.25, -0.2) is 0 Å². The maximum Gasteiger partial charge on any atom is 0.0466 e. The van der Waals surface area contributed by atoms with Crippen molar-refractivity contribution in [2.75, 3.05) is 13.2 Å². The van der Waals surface area contributed by atoms with Crippen LogP contribution in [0.4, 0.5) is 0 Å². The topological polar surface area (TPSA) is 9.23 Å². The van der Waals surface area contributed by atoms with Crippen LogP contribution in [-0.4, -0.2) is 13.2 Å². The minimum Gasteiger partial charge on any atom is -0.381 e. The fraction of sp³-hybridized carbons (Fsp3) is 0.438. The number of thiophene rings is 1. The molecule has 0 bridgehead atoms. The van der Waals surface area contributed by atoms with Gasteiger partial charge in [0.25, 0.3) is 0 Å². The number of aryl methyl sites for hydroxylation is 1. The van der Waals surface area contributed by atoms with E-state index in [4.69, 9.17) is 4.74 Å². The van der Waals surface area contributed by atoms with Crippen molar-refractivity contribution in [2.45, 2.75) is 32.1 Å². The summed E-state index contributed by atoms with van der Waals surface area (Å²) < 4.78 is 6.64. The molecule has 1 aromatic heterocycles. The summed E-state index contributed by atoms with van der Waals surface area (Å²) in [4.78, 5) is 1.52. The lowest BCUT2D eigenvalue weighted by atomic mass is 10.1. The third-order valence-corrected chi connectivity index (χ3v) is 4.26. The molecule has 2 heteroatoms. The van der Waals surface area contributed by atoms with E-state index in [-0.39, 0.29) is 0 Å². The van der Waals surface area contributed by atoms with Gasteiger partial charge >= 0.3 is 0 Å². The van der Waals surface area contributed by atoms with Gasteiger partial charge in [-0.3, -0.25) is 0 Å². The van der Waals surface area contributed by atoms with E-state index in [1.165, 1.54) is 47.1 Å². The first kappa shape index (κ1) is 13.6. The average molecular weight is 261 g/mol. The van der Waals surface area contributed by atoms with Gasteiger partial charge in [0.05, 0.1) is 0 Å². The maximum absolute atomic E-state index is 5.23. The normalized spacial score (nSPS) is 11.2. The standard InChI is InChI=1S/C16H21OS/c1-2-17-12-8-4-3-5-10-15-13-14-9-6-7-11-16(14)18-15/h6-7,9,11,13H,1-5,8,10,12H2. The van der Waals surface area contributed by atoms with Gasteiger partial charge in [-0.1, -0.05) is 31.0 Å². The lowest BCUT2D eigenvalue weighted by molar-refractivity contribution is 0.156. The van der Waals surface area contributed by atoms with Crippen molar-refractivity contribution in [1.29, 1.82) is 0 Å². The van der Waals surface area contributed by atoms with Gasteiger partial charge in [0.15, 0.2) is 0 Å². The molecule has 0 aliphatic carbocycles. The molecular formula is C16H21OS. The minimum atomic E-state index is 0.599. The average Bonchev–Trinajstić information content (AvgIpc) is 2.80. The molecule has 0 atom stereocenters.